The lowest BCUT2D eigenvalue weighted by Gasteiger charge is -2.50. The summed E-state index contributed by atoms with van der Waals surface area (Å²) in [5, 5.41) is 260. The van der Waals surface area contributed by atoms with Crippen LogP contribution >= 0.6 is 0 Å². The molecule has 14 bridgehead atoms. The van der Waals surface area contributed by atoms with Crippen molar-refractivity contribution in [2.24, 2.45) is 0 Å². The molecule has 0 aromatic rings. The molecule has 0 radical (unpaired) electrons. The molecule has 0 aliphatic carbocycles. The van der Waals surface area contributed by atoms with E-state index in [4.69, 9.17) is 75.8 Å². The van der Waals surface area contributed by atoms with Crippen LogP contribution in [0.2, 0.25) is 0 Å². The highest BCUT2D eigenvalue weighted by atomic mass is 16.8. The summed E-state index contributed by atoms with van der Waals surface area (Å²) in [6.45, 7) is -6.82. The van der Waals surface area contributed by atoms with Crippen LogP contribution in [0.1, 0.15) is 32.6 Å². The lowest BCUT2D eigenvalue weighted by Crippen LogP contribution is -2.68. The molecule has 43 heteroatoms. The van der Waals surface area contributed by atoms with Gasteiger partial charge in [0.1, 0.15) is 195 Å². The highest BCUT2D eigenvalue weighted by molar-refractivity contribution is 5.75. The highest BCUT2D eigenvalue weighted by Crippen LogP contribution is 2.39. The van der Waals surface area contributed by atoms with Crippen LogP contribution < -0.4 is 10.6 Å². The molecule has 22 aliphatic heterocycles. The monoisotopic (exact) mass is 1450 g/mol. The van der Waals surface area contributed by atoms with Gasteiger partial charge >= 0.3 is 0 Å². The van der Waals surface area contributed by atoms with Crippen molar-refractivity contribution in [3.8, 4) is 0 Å². The van der Waals surface area contributed by atoms with Gasteiger partial charge in [0.05, 0.1) is 46.2 Å². The lowest BCUT2D eigenvalue weighted by molar-refractivity contribution is -0.396. The molecule has 0 aromatic carbocycles. The number of rotatable bonds is 17. The summed E-state index contributed by atoms with van der Waals surface area (Å²) < 4.78 is 92.5. The van der Waals surface area contributed by atoms with Gasteiger partial charge < -0.3 is 204 Å². The number of carbonyl (C=O) groups excluding carboxylic acids is 2. The summed E-state index contributed by atoms with van der Waals surface area (Å²) in [5.41, 5.74) is 0. The van der Waals surface area contributed by atoms with Crippen LogP contribution in [-0.2, 0) is 85.4 Å². The summed E-state index contributed by atoms with van der Waals surface area (Å²) in [6, 6.07) is -1.22. The molecular formula is C56H94N2O41. The van der Waals surface area contributed by atoms with Crippen LogP contribution in [0.3, 0.4) is 0 Å². The average Bonchev–Trinajstić information content (AvgIpc) is 0.935. The number of unbranched alkanes of at least 4 members (excludes halogenated alkanes) is 2. The zero-order chi connectivity index (χ0) is 72.2. The van der Waals surface area contributed by atoms with Crippen LogP contribution in [0.5, 0.6) is 0 Å². The number of hydrogen-bond donors (Lipinski definition) is 25. The first-order valence-electron chi connectivity index (χ1n) is 32.3. The van der Waals surface area contributed by atoms with Gasteiger partial charge in [0.25, 0.3) is 0 Å². The van der Waals surface area contributed by atoms with Gasteiger partial charge in [-0.3, -0.25) is 9.59 Å². The summed E-state index contributed by atoms with van der Waals surface area (Å²) in [7, 11) is 0. The fourth-order valence-electron chi connectivity index (χ4n) is 13.1. The number of nitrogens with one attached hydrogen (secondary N) is 2. The first-order chi connectivity index (χ1) is 47.1. The van der Waals surface area contributed by atoms with Crippen molar-refractivity contribution in [2.45, 2.75) is 278 Å². The lowest BCUT2D eigenvalue weighted by atomic mass is 9.95. The van der Waals surface area contributed by atoms with Crippen molar-refractivity contribution >= 4 is 11.8 Å². The number of aliphatic hydroxyl groups is 23. The van der Waals surface area contributed by atoms with Crippen LogP contribution in [0.15, 0.2) is 0 Å². The Bertz CT molecular complexity index is 2480. The molecule has 22 aliphatic rings. The van der Waals surface area contributed by atoms with Gasteiger partial charge in [-0.15, -0.1) is 0 Å². The molecule has 40 atom stereocenters. The van der Waals surface area contributed by atoms with E-state index in [1.807, 2.05) is 0 Å². The minimum absolute atomic E-state index is 0.0642. The maximum absolute atomic E-state index is 13.5. The van der Waals surface area contributed by atoms with Crippen molar-refractivity contribution in [1.29, 1.82) is 0 Å². The third-order valence-electron chi connectivity index (χ3n) is 18.7. The second-order valence-corrected chi connectivity index (χ2v) is 25.4. The van der Waals surface area contributed by atoms with Crippen molar-refractivity contribution < 1.29 is 203 Å². The van der Waals surface area contributed by atoms with Gasteiger partial charge in [-0.2, -0.15) is 0 Å². The Morgan fingerprint density at radius 3 is 0.828 bits per heavy atom. The SMILES string of the molecule is CC(=O)N[C@H]1[C@H](OCCCCCC(=O)NC[C@H]2O[C@@H]3O[C@H]4[C@H](O)[C@H](O)[C@@H](O[C@H]5[C@H](O)[C@H](O)[C@@H](O[C@H]6[C@H](O)[C@@H](O)[C@@H](O[C@H]7[C@H](O)[C@@H](O)[C@@H](O[C@H]8[C@H](O)[C@@H](O)[C@@H](O[C@H]9[C@H](O)[C@@H](O)[C@@H](O[C@H]2[C@H](O)[C@H]3O)O[C@@H]9CO)O[C@@H]8CO)O[C@@H]7CO)O[C@@H]6CO)O[C@@H]5CO)O[C@@H]4CO)O[C@H](CO)[C@@H](O)[C@@H]1O. The number of ether oxygens (including phenoxy) is 16. The van der Waals surface area contributed by atoms with Crippen LogP contribution in [0.25, 0.3) is 0 Å². The Morgan fingerprint density at radius 2 is 0.566 bits per heavy atom. The Balaban J connectivity index is 0.955. The maximum Gasteiger partial charge on any atom is 0.220 e. The van der Waals surface area contributed by atoms with E-state index in [2.05, 4.69) is 10.6 Å². The minimum atomic E-state index is -2.31. The molecule has 0 spiro atoms. The van der Waals surface area contributed by atoms with Gasteiger partial charge in [0.2, 0.25) is 11.8 Å². The molecule has 99 heavy (non-hydrogen) atoms. The van der Waals surface area contributed by atoms with Crippen LogP contribution in [0.4, 0.5) is 0 Å². The topological polar surface area (TPSA) is 671 Å². The average molecular weight is 1450 g/mol. The van der Waals surface area contributed by atoms with E-state index >= 15 is 0 Å². The molecule has 0 aromatic heterocycles. The molecular weight excluding hydrogens is 1360 g/mol. The summed E-state index contributed by atoms with van der Waals surface area (Å²) >= 11 is 0. The number of hydrogen-bond acceptors (Lipinski definition) is 41. The first kappa shape index (κ1) is 80.5. The molecule has 25 N–H and O–H groups in total. The number of amides is 2. The fraction of sp³-hybridized carbons (Fsp3) is 0.964. The molecule has 22 rings (SSSR count). The predicted octanol–water partition coefficient (Wildman–Crippen LogP) is -16.6. The normalized spacial score (nSPS) is 50.3. The van der Waals surface area contributed by atoms with Gasteiger partial charge in [-0.1, -0.05) is 6.42 Å². The third kappa shape index (κ3) is 17.6. The van der Waals surface area contributed by atoms with Crippen molar-refractivity contribution in [2.75, 3.05) is 59.4 Å². The van der Waals surface area contributed by atoms with E-state index < -0.39 is 310 Å². The molecule has 2 amide bonds. The van der Waals surface area contributed by atoms with E-state index in [9.17, 15) is 127 Å². The Kier molecular flexibility index (Phi) is 29.0. The standard InChI is InChI=1S/C56H94N2O41/c1-15(66)58-25-27(69)26(68)17(8-59)86-49(25)84-6-4-2-3-5-24(67)57-7-16-42-28(70)35(77)50(85-16)94-43-18(9-60)88-52(37(79)30(43)72)96-45-20(11-62)90-54(39(81)32(45)74)98-47-22(13-64)92-56(41(83)34(47)76)99-48-23(14-65)91-55(40(82)33(48)75)97-46-21(12-63)89-53(38(80)31(46)73)95-44-19(10-61)87-51(93-42)36(78)29(44)71/h16-23,25-56,59-65,68-83H,2-14H2,1H3,(H,57,67)(H,58,66)/t16-,17-,18-,19-,20-,21-,22-,23-,25-,26-,27-,28-,29-,30-,31-,32-,33-,34-,35-,36-,37+,38-,39+,40-,41-,42-,43-,44-,45-,46-,47-,48-,49-,50-,51-,52-,53-,54-,55-,56-/m1/s1. The molecule has 0 saturated carbocycles. The van der Waals surface area contributed by atoms with Crippen molar-refractivity contribution in [1.82, 2.24) is 10.6 Å². The molecule has 22 heterocycles. The van der Waals surface area contributed by atoms with E-state index in [1.165, 1.54) is 0 Å². The second kappa shape index (κ2) is 35.6. The first-order valence-corrected chi connectivity index (χ1v) is 32.3. The van der Waals surface area contributed by atoms with E-state index in [1.54, 1.807) is 0 Å². The highest BCUT2D eigenvalue weighted by Gasteiger charge is 2.60. The van der Waals surface area contributed by atoms with Gasteiger partial charge in [0.15, 0.2) is 50.3 Å². The number of aliphatic hydroxyl groups excluding tert-OH is 23. The van der Waals surface area contributed by atoms with Crippen molar-refractivity contribution in [3.63, 3.8) is 0 Å². The molecule has 22 fully saturated rings. The minimum Gasteiger partial charge on any atom is -0.394 e. The molecule has 0 unspecified atom stereocenters. The quantitative estimate of drug-likeness (QED) is 0.0601. The molecule has 574 valence electrons. The summed E-state index contributed by atoms with van der Waals surface area (Å²) in [4.78, 5) is 25.4. The van der Waals surface area contributed by atoms with Gasteiger partial charge in [-0.25, -0.2) is 0 Å². The van der Waals surface area contributed by atoms with Crippen molar-refractivity contribution in [3.05, 3.63) is 0 Å². The molecule has 22 saturated heterocycles. The zero-order valence-corrected chi connectivity index (χ0v) is 52.9. The van der Waals surface area contributed by atoms with Crippen LogP contribution in [-0.4, -0.2) is 434 Å². The van der Waals surface area contributed by atoms with Crippen LogP contribution in [0, 0.1) is 0 Å². The van der Waals surface area contributed by atoms with E-state index in [-0.39, 0.29) is 25.9 Å². The Morgan fingerprint density at radius 1 is 0.303 bits per heavy atom. The zero-order valence-electron chi connectivity index (χ0n) is 52.9. The summed E-state index contributed by atoms with van der Waals surface area (Å²) in [5.74, 6) is -1.26. The maximum atomic E-state index is 13.5. The molecule has 43 nitrogen and oxygen atoms in total. The third-order valence-corrected chi connectivity index (χ3v) is 18.7. The van der Waals surface area contributed by atoms with E-state index in [0.29, 0.717) is 6.42 Å². The van der Waals surface area contributed by atoms with Gasteiger partial charge in [0, 0.05) is 26.5 Å². The summed E-state index contributed by atoms with van der Waals surface area (Å²) in [6.07, 6.45) is -77.6. The fourth-order valence-corrected chi connectivity index (χ4v) is 13.1. The predicted molar refractivity (Wildman–Crippen MR) is 304 cm³/mol. The largest absolute Gasteiger partial charge is 0.394 e. The Hall–Kier alpha value is -2.62. The smallest absolute Gasteiger partial charge is 0.220 e. The Labute approximate surface area is 561 Å². The van der Waals surface area contributed by atoms with Gasteiger partial charge in [-0.05, 0) is 12.8 Å². The van der Waals surface area contributed by atoms with E-state index in [0.717, 1.165) is 6.92 Å². The number of carbonyl (C=O) groups is 2. The second-order valence-electron chi connectivity index (χ2n) is 25.4.